The molecule has 2 N–H and O–H groups in total. The van der Waals surface area contributed by atoms with E-state index < -0.39 is 12.1 Å². The van der Waals surface area contributed by atoms with Crippen molar-refractivity contribution in [2.45, 2.75) is 31.8 Å². The van der Waals surface area contributed by atoms with Gasteiger partial charge in [-0.25, -0.2) is 9.78 Å². The summed E-state index contributed by atoms with van der Waals surface area (Å²) in [4.78, 5) is 16.7. The van der Waals surface area contributed by atoms with Gasteiger partial charge in [0.1, 0.15) is 11.8 Å². The van der Waals surface area contributed by atoms with Crippen LogP contribution < -0.4 is 0 Å². The molecule has 5 rings (SSSR count). The number of pyridine rings is 1. The molecule has 1 fully saturated rings. The smallest absolute Gasteiger partial charge is 0.336 e. The van der Waals surface area contributed by atoms with Crippen LogP contribution >= 0.6 is 0 Å². The Morgan fingerprint density at radius 1 is 1.10 bits per heavy atom. The number of aliphatic hydroxyl groups is 1. The Bertz CT molecular complexity index is 1260. The number of aromatic carboxylic acids is 1. The van der Waals surface area contributed by atoms with E-state index in [2.05, 4.69) is 0 Å². The maximum absolute atomic E-state index is 12.0. The van der Waals surface area contributed by atoms with Gasteiger partial charge in [-0.05, 0) is 54.2 Å². The van der Waals surface area contributed by atoms with E-state index >= 15 is 0 Å². The van der Waals surface area contributed by atoms with Crippen molar-refractivity contribution in [2.75, 3.05) is 0 Å². The van der Waals surface area contributed by atoms with Crippen LogP contribution in [-0.4, -0.2) is 25.6 Å². The van der Waals surface area contributed by atoms with E-state index in [9.17, 15) is 15.0 Å². The van der Waals surface area contributed by atoms with Gasteiger partial charge in [-0.15, -0.1) is 0 Å². The van der Waals surface area contributed by atoms with E-state index in [1.807, 2.05) is 60.0 Å². The minimum Gasteiger partial charge on any atom is -0.478 e. The highest BCUT2D eigenvalue weighted by Gasteiger charge is 2.27. The van der Waals surface area contributed by atoms with Crippen LogP contribution in [0.2, 0.25) is 0 Å². The van der Waals surface area contributed by atoms with E-state index in [0.29, 0.717) is 17.0 Å². The first-order chi connectivity index (χ1) is 14.5. The minimum atomic E-state index is -1.02. The number of aromatic nitrogens is 2. The van der Waals surface area contributed by atoms with E-state index in [1.54, 1.807) is 18.2 Å². The molecule has 0 radical (unpaired) electrons. The number of imidazole rings is 1. The Morgan fingerprint density at radius 3 is 2.57 bits per heavy atom. The Kier molecular flexibility index (Phi) is 4.40. The molecule has 4 aromatic rings. The minimum absolute atomic E-state index is 0.173. The van der Waals surface area contributed by atoms with Gasteiger partial charge in [-0.3, -0.25) is 0 Å². The summed E-state index contributed by atoms with van der Waals surface area (Å²) in [5.41, 5.74) is 5.69. The number of nitrogens with zero attached hydrogens (tertiary/aromatic N) is 2. The summed E-state index contributed by atoms with van der Waals surface area (Å²) in [5, 5.41) is 21.1. The third kappa shape index (κ3) is 3.17. The van der Waals surface area contributed by atoms with E-state index in [-0.39, 0.29) is 5.56 Å². The van der Waals surface area contributed by atoms with Crippen molar-refractivity contribution in [1.29, 1.82) is 0 Å². The summed E-state index contributed by atoms with van der Waals surface area (Å²) >= 11 is 0. The predicted octanol–water partition coefficient (Wildman–Crippen LogP) is 4.97. The van der Waals surface area contributed by atoms with E-state index in [0.717, 1.165) is 41.0 Å². The first-order valence-electron chi connectivity index (χ1n) is 10.1. The maximum atomic E-state index is 12.0. The summed E-state index contributed by atoms with van der Waals surface area (Å²) in [5.74, 6) is -0.504. The first-order valence-corrected chi connectivity index (χ1v) is 10.1. The zero-order valence-corrected chi connectivity index (χ0v) is 16.6. The maximum Gasteiger partial charge on any atom is 0.336 e. The van der Waals surface area contributed by atoms with Crippen molar-refractivity contribution < 1.29 is 15.0 Å². The fraction of sp³-hybridized carbons (Fsp3) is 0.200. The van der Waals surface area contributed by atoms with Crippen LogP contribution in [0.1, 0.15) is 57.7 Å². The molecule has 0 bridgehead atoms. The summed E-state index contributed by atoms with van der Waals surface area (Å²) in [6.45, 7) is 1.95. The van der Waals surface area contributed by atoms with Crippen LogP contribution in [0.4, 0.5) is 0 Å². The molecule has 1 atom stereocenters. The lowest BCUT2D eigenvalue weighted by molar-refractivity contribution is 0.0697. The van der Waals surface area contributed by atoms with Crippen LogP contribution in [0.25, 0.3) is 16.8 Å². The number of carboxylic acids is 1. The molecular formula is C25H22N2O3. The predicted molar refractivity (Wildman–Crippen MR) is 115 cm³/mol. The molecule has 5 nitrogen and oxygen atoms in total. The van der Waals surface area contributed by atoms with E-state index in [1.165, 1.54) is 0 Å². The SMILES string of the molecule is Cc1ccc2nc(C3CC3)cn2c1C(O)c1ccc(-c2ccccc2)c(C(=O)O)c1. The highest BCUT2D eigenvalue weighted by Crippen LogP contribution is 2.40. The van der Waals surface area contributed by atoms with Crippen LogP contribution in [-0.2, 0) is 0 Å². The summed E-state index contributed by atoms with van der Waals surface area (Å²) < 4.78 is 1.94. The Labute approximate surface area is 174 Å². The van der Waals surface area contributed by atoms with Crippen LogP contribution in [0, 0.1) is 6.92 Å². The van der Waals surface area contributed by atoms with Gasteiger partial charge in [-0.1, -0.05) is 48.5 Å². The number of benzene rings is 2. The van der Waals surface area contributed by atoms with Crippen molar-refractivity contribution in [1.82, 2.24) is 9.38 Å². The van der Waals surface area contributed by atoms with Crippen molar-refractivity contribution in [3.8, 4) is 11.1 Å². The number of rotatable bonds is 5. The van der Waals surface area contributed by atoms with Gasteiger partial charge < -0.3 is 14.6 Å². The third-order valence-electron chi connectivity index (χ3n) is 5.83. The number of hydrogen-bond donors (Lipinski definition) is 2. The van der Waals surface area contributed by atoms with Gasteiger partial charge in [0.2, 0.25) is 0 Å². The standard InChI is InChI=1S/C25H22N2O3/c1-15-7-12-22-26-21(17-8-9-17)14-27(22)23(15)24(28)18-10-11-19(20(13-18)25(29)30)16-5-3-2-4-6-16/h2-7,10-14,17,24,28H,8-9H2,1H3,(H,29,30). The monoisotopic (exact) mass is 398 g/mol. The van der Waals surface area contributed by atoms with Gasteiger partial charge in [0.05, 0.1) is 17.0 Å². The Balaban J connectivity index is 1.61. The molecule has 0 saturated heterocycles. The number of aryl methyl sites for hydroxylation is 1. The highest BCUT2D eigenvalue weighted by atomic mass is 16.4. The second-order valence-electron chi connectivity index (χ2n) is 7.95. The van der Waals surface area contributed by atoms with Crippen molar-refractivity contribution in [2.24, 2.45) is 0 Å². The van der Waals surface area contributed by atoms with Crippen molar-refractivity contribution in [3.05, 3.63) is 94.9 Å². The lowest BCUT2D eigenvalue weighted by Crippen LogP contribution is -2.10. The molecule has 1 saturated carbocycles. The van der Waals surface area contributed by atoms with Crippen molar-refractivity contribution >= 4 is 11.6 Å². The number of carboxylic acid groups (broad SMARTS) is 1. The molecule has 2 aromatic heterocycles. The average Bonchev–Trinajstić information content (AvgIpc) is 3.52. The molecule has 2 heterocycles. The van der Waals surface area contributed by atoms with Crippen molar-refractivity contribution in [3.63, 3.8) is 0 Å². The van der Waals surface area contributed by atoms with Gasteiger partial charge in [-0.2, -0.15) is 0 Å². The first kappa shape index (κ1) is 18.6. The molecule has 1 aliphatic rings. The summed E-state index contributed by atoms with van der Waals surface area (Å²) in [6, 6.07) is 18.5. The number of hydrogen-bond acceptors (Lipinski definition) is 3. The summed E-state index contributed by atoms with van der Waals surface area (Å²) in [7, 11) is 0. The molecule has 0 amide bonds. The Hall–Kier alpha value is -3.44. The van der Waals surface area contributed by atoms with Crippen LogP contribution in [0.5, 0.6) is 0 Å². The molecule has 2 aromatic carbocycles. The molecule has 1 aliphatic carbocycles. The number of fused-ring (bicyclic) bond motifs is 1. The lowest BCUT2D eigenvalue weighted by atomic mass is 9.94. The fourth-order valence-corrected chi connectivity index (χ4v) is 4.06. The molecular weight excluding hydrogens is 376 g/mol. The van der Waals surface area contributed by atoms with Crippen LogP contribution in [0.15, 0.2) is 66.9 Å². The lowest BCUT2D eigenvalue weighted by Gasteiger charge is -2.18. The molecule has 150 valence electrons. The second-order valence-corrected chi connectivity index (χ2v) is 7.95. The van der Waals surface area contributed by atoms with E-state index in [4.69, 9.17) is 4.98 Å². The van der Waals surface area contributed by atoms with Gasteiger partial charge in [0.15, 0.2) is 0 Å². The Morgan fingerprint density at radius 2 is 1.87 bits per heavy atom. The second kappa shape index (κ2) is 7.11. The third-order valence-corrected chi connectivity index (χ3v) is 5.83. The fourth-order valence-electron chi connectivity index (χ4n) is 4.06. The summed E-state index contributed by atoms with van der Waals surface area (Å²) in [6.07, 6.45) is 3.36. The normalized spacial score (nSPS) is 14.7. The molecule has 5 heteroatoms. The highest BCUT2D eigenvalue weighted by molar-refractivity contribution is 5.96. The molecule has 0 aliphatic heterocycles. The quantitative estimate of drug-likeness (QED) is 0.498. The molecule has 0 spiro atoms. The van der Waals surface area contributed by atoms with Gasteiger partial charge in [0, 0.05) is 12.1 Å². The largest absolute Gasteiger partial charge is 0.478 e. The topological polar surface area (TPSA) is 74.8 Å². The van der Waals surface area contributed by atoms with Gasteiger partial charge >= 0.3 is 5.97 Å². The number of aliphatic hydroxyl groups excluding tert-OH is 1. The number of carbonyl (C=O) groups is 1. The molecule has 30 heavy (non-hydrogen) atoms. The molecule has 1 unspecified atom stereocenters. The zero-order chi connectivity index (χ0) is 20.8. The van der Waals surface area contributed by atoms with Crippen LogP contribution in [0.3, 0.4) is 0 Å². The van der Waals surface area contributed by atoms with Gasteiger partial charge in [0.25, 0.3) is 0 Å². The zero-order valence-electron chi connectivity index (χ0n) is 16.6. The average molecular weight is 398 g/mol.